The minimum Gasteiger partial charge on any atom is -0.464 e. The normalized spacial score (nSPS) is 15.6. The van der Waals surface area contributed by atoms with Crippen LogP contribution < -0.4 is 0 Å². The van der Waals surface area contributed by atoms with Crippen LogP contribution >= 0.6 is 0 Å². The Hall–Kier alpha value is -2.89. The molecule has 2 aromatic carbocycles. The molecule has 1 aliphatic heterocycles. The summed E-state index contributed by atoms with van der Waals surface area (Å²) in [6, 6.07) is 20.8. The first-order chi connectivity index (χ1) is 17.0. The maximum atomic E-state index is 13.7. The first-order valence-corrected chi connectivity index (χ1v) is 12.7. The summed E-state index contributed by atoms with van der Waals surface area (Å²) in [6.45, 7) is 10.0. The van der Waals surface area contributed by atoms with Gasteiger partial charge in [-0.05, 0) is 68.9 Å². The lowest BCUT2D eigenvalue weighted by Crippen LogP contribution is -2.43. The van der Waals surface area contributed by atoms with Gasteiger partial charge in [0.25, 0.3) is 0 Å². The van der Waals surface area contributed by atoms with Crippen molar-refractivity contribution in [2.24, 2.45) is 0 Å². The van der Waals surface area contributed by atoms with Crippen LogP contribution in [0.1, 0.15) is 46.6 Å². The van der Waals surface area contributed by atoms with E-state index in [1.54, 1.807) is 0 Å². The molecule has 0 unspecified atom stereocenters. The lowest BCUT2D eigenvalue weighted by molar-refractivity contribution is -0.133. The zero-order valence-corrected chi connectivity index (χ0v) is 21.3. The molecule has 0 saturated carbocycles. The highest BCUT2D eigenvalue weighted by Gasteiger charge is 2.24. The molecule has 0 bridgehead atoms. The number of ether oxygens (including phenoxy) is 1. The molecule has 5 heteroatoms. The Kier molecular flexibility index (Phi) is 8.78. The number of rotatable bonds is 11. The quantitative estimate of drug-likeness (QED) is 0.370. The van der Waals surface area contributed by atoms with E-state index in [1.165, 1.54) is 22.3 Å². The molecular formula is C30H38N2O3. The zero-order chi connectivity index (χ0) is 24.6. The van der Waals surface area contributed by atoms with E-state index in [2.05, 4.69) is 49.1 Å². The first kappa shape index (κ1) is 25.2. The van der Waals surface area contributed by atoms with Crippen LogP contribution in [0.5, 0.6) is 0 Å². The van der Waals surface area contributed by atoms with Gasteiger partial charge in [0.2, 0.25) is 5.91 Å². The maximum absolute atomic E-state index is 13.7. The van der Waals surface area contributed by atoms with Crippen molar-refractivity contribution in [3.8, 4) is 0 Å². The van der Waals surface area contributed by atoms with Crippen molar-refractivity contribution in [2.75, 3.05) is 26.2 Å². The molecule has 1 saturated heterocycles. The summed E-state index contributed by atoms with van der Waals surface area (Å²) >= 11 is 0. The molecule has 1 fully saturated rings. The third-order valence-corrected chi connectivity index (χ3v) is 6.75. The van der Waals surface area contributed by atoms with Gasteiger partial charge in [0, 0.05) is 26.2 Å². The molecule has 0 aliphatic carbocycles. The molecule has 0 radical (unpaired) electrons. The highest BCUT2D eigenvalue weighted by molar-refractivity contribution is 5.78. The summed E-state index contributed by atoms with van der Waals surface area (Å²) in [5.41, 5.74) is 5.00. The third kappa shape index (κ3) is 7.55. The third-order valence-electron chi connectivity index (χ3n) is 6.75. The molecule has 4 rings (SSSR count). The Bertz CT molecular complexity index is 1090. The van der Waals surface area contributed by atoms with Crippen molar-refractivity contribution in [2.45, 2.75) is 59.2 Å². The highest BCUT2D eigenvalue weighted by atomic mass is 16.5. The van der Waals surface area contributed by atoms with Gasteiger partial charge >= 0.3 is 0 Å². The van der Waals surface area contributed by atoms with E-state index >= 15 is 0 Å². The SMILES string of the molecule is Cc1ccc(C)c(CN(CC(=O)N(CCc2ccccc2)Cc2ccc(C)o2)C[C@@H]2CCCO2)c1. The Balaban J connectivity index is 1.49. The molecule has 1 atom stereocenters. The average Bonchev–Trinajstić information content (AvgIpc) is 3.51. The summed E-state index contributed by atoms with van der Waals surface area (Å²) in [5.74, 6) is 1.81. The predicted octanol–water partition coefficient (Wildman–Crippen LogP) is 5.46. The van der Waals surface area contributed by atoms with Gasteiger partial charge in [0.15, 0.2) is 0 Å². The number of benzene rings is 2. The predicted molar refractivity (Wildman–Crippen MR) is 139 cm³/mol. The second kappa shape index (κ2) is 12.2. The Morgan fingerprint density at radius 1 is 1.00 bits per heavy atom. The van der Waals surface area contributed by atoms with Crippen molar-refractivity contribution >= 4 is 5.91 Å². The largest absolute Gasteiger partial charge is 0.464 e. The van der Waals surface area contributed by atoms with Crippen LogP contribution in [-0.2, 0) is 29.0 Å². The highest BCUT2D eigenvalue weighted by Crippen LogP contribution is 2.19. The molecule has 186 valence electrons. The monoisotopic (exact) mass is 474 g/mol. The van der Waals surface area contributed by atoms with Crippen LogP contribution in [0.3, 0.4) is 0 Å². The standard InChI is InChI=1S/C30H38N2O3/c1-23-11-12-24(2)27(18-23)19-31(20-28-10-7-17-34-28)22-30(33)32(21-29-14-13-25(3)35-29)16-15-26-8-5-4-6-9-26/h4-6,8-9,11-14,18,28H,7,10,15-17,19-22H2,1-3H3/t28-/m0/s1. The van der Waals surface area contributed by atoms with E-state index in [1.807, 2.05) is 42.2 Å². The maximum Gasteiger partial charge on any atom is 0.237 e. The van der Waals surface area contributed by atoms with Crippen LogP contribution in [0.2, 0.25) is 0 Å². The van der Waals surface area contributed by atoms with E-state index in [-0.39, 0.29) is 12.0 Å². The minimum atomic E-state index is 0.123. The summed E-state index contributed by atoms with van der Waals surface area (Å²) < 4.78 is 11.8. The number of aryl methyl sites for hydroxylation is 3. The second-order valence-electron chi connectivity index (χ2n) is 9.80. The minimum absolute atomic E-state index is 0.123. The van der Waals surface area contributed by atoms with Crippen LogP contribution in [0.25, 0.3) is 0 Å². The van der Waals surface area contributed by atoms with E-state index in [0.29, 0.717) is 19.6 Å². The van der Waals surface area contributed by atoms with E-state index in [9.17, 15) is 4.79 Å². The summed E-state index contributed by atoms with van der Waals surface area (Å²) in [4.78, 5) is 17.9. The molecular weight excluding hydrogens is 436 g/mol. The van der Waals surface area contributed by atoms with Gasteiger partial charge in [-0.2, -0.15) is 0 Å². The number of carbonyl (C=O) groups is 1. The van der Waals surface area contributed by atoms with Crippen molar-refractivity contribution in [3.63, 3.8) is 0 Å². The summed E-state index contributed by atoms with van der Waals surface area (Å²) in [5, 5.41) is 0. The Morgan fingerprint density at radius 3 is 2.54 bits per heavy atom. The molecule has 35 heavy (non-hydrogen) atoms. The smallest absolute Gasteiger partial charge is 0.237 e. The molecule has 2 heterocycles. The fourth-order valence-corrected chi connectivity index (χ4v) is 4.72. The van der Waals surface area contributed by atoms with E-state index in [4.69, 9.17) is 9.15 Å². The van der Waals surface area contributed by atoms with E-state index < -0.39 is 0 Å². The lowest BCUT2D eigenvalue weighted by Gasteiger charge is -2.29. The molecule has 0 N–H and O–H groups in total. The zero-order valence-electron chi connectivity index (χ0n) is 21.3. The van der Waals surface area contributed by atoms with E-state index in [0.717, 1.165) is 50.5 Å². The molecule has 5 nitrogen and oxygen atoms in total. The van der Waals surface area contributed by atoms with Gasteiger partial charge in [-0.1, -0.05) is 54.1 Å². The van der Waals surface area contributed by atoms with Crippen molar-refractivity contribution in [1.82, 2.24) is 9.80 Å². The van der Waals surface area contributed by atoms with Gasteiger partial charge in [0.1, 0.15) is 11.5 Å². The second-order valence-corrected chi connectivity index (χ2v) is 9.80. The molecule has 1 amide bonds. The number of hydrogen-bond donors (Lipinski definition) is 0. The van der Waals surface area contributed by atoms with Crippen molar-refractivity contribution in [3.05, 3.63) is 94.4 Å². The van der Waals surface area contributed by atoms with Gasteiger partial charge in [-0.15, -0.1) is 0 Å². The van der Waals surface area contributed by atoms with Gasteiger partial charge in [-0.3, -0.25) is 9.69 Å². The van der Waals surface area contributed by atoms with Crippen molar-refractivity contribution < 1.29 is 13.9 Å². The van der Waals surface area contributed by atoms with Crippen LogP contribution in [0, 0.1) is 20.8 Å². The van der Waals surface area contributed by atoms with Crippen LogP contribution in [0.4, 0.5) is 0 Å². The lowest BCUT2D eigenvalue weighted by atomic mass is 10.0. The summed E-state index contributed by atoms with van der Waals surface area (Å²) in [7, 11) is 0. The molecule has 3 aromatic rings. The number of hydrogen-bond acceptors (Lipinski definition) is 4. The van der Waals surface area contributed by atoms with Crippen molar-refractivity contribution in [1.29, 1.82) is 0 Å². The van der Waals surface area contributed by atoms with Gasteiger partial charge in [-0.25, -0.2) is 0 Å². The number of carbonyl (C=O) groups excluding carboxylic acids is 1. The average molecular weight is 475 g/mol. The van der Waals surface area contributed by atoms with Gasteiger partial charge in [0.05, 0.1) is 19.2 Å². The number of amides is 1. The molecule has 1 aliphatic rings. The van der Waals surface area contributed by atoms with Gasteiger partial charge < -0.3 is 14.1 Å². The molecule has 0 spiro atoms. The topological polar surface area (TPSA) is 45.9 Å². The summed E-state index contributed by atoms with van der Waals surface area (Å²) in [6.07, 6.45) is 3.16. The Morgan fingerprint density at radius 2 is 1.83 bits per heavy atom. The number of nitrogens with zero attached hydrogens (tertiary/aromatic N) is 2. The fourth-order valence-electron chi connectivity index (χ4n) is 4.72. The number of furan rings is 1. The Labute approximate surface area is 209 Å². The fraction of sp³-hybridized carbons (Fsp3) is 0.433. The van der Waals surface area contributed by atoms with Crippen LogP contribution in [0.15, 0.2) is 65.1 Å². The van der Waals surface area contributed by atoms with Crippen LogP contribution in [-0.4, -0.2) is 48.1 Å². The first-order valence-electron chi connectivity index (χ1n) is 12.7. The molecule has 1 aromatic heterocycles.